The van der Waals surface area contributed by atoms with Gasteiger partial charge < -0.3 is 0 Å². The lowest BCUT2D eigenvalue weighted by Crippen LogP contribution is -1.38. The van der Waals surface area contributed by atoms with Crippen LogP contribution in [-0.4, -0.2) is 0 Å². The average molecular weight is 146 g/mol. The van der Waals surface area contributed by atoms with Crippen LogP contribution in [0.5, 0.6) is 0 Å². The lowest BCUT2D eigenvalue weighted by atomic mass is 10.8. The highest BCUT2D eigenvalue weighted by Gasteiger charge is 1.71. The molecule has 0 nitrogen and oxygen atoms in total. The van der Waals surface area contributed by atoms with Crippen LogP contribution in [0.25, 0.3) is 0 Å². The molecule has 0 heterocycles. The molecule has 0 aromatic carbocycles. The van der Waals surface area contributed by atoms with Gasteiger partial charge in [0.25, 0.3) is 0 Å². The predicted molar refractivity (Wildman–Crippen MR) is 44.8 cm³/mol. The normalized spacial score (nSPS) is 11.8. The van der Waals surface area contributed by atoms with Gasteiger partial charge in [0.2, 0.25) is 0 Å². The summed E-state index contributed by atoms with van der Waals surface area (Å²) in [5.74, 6) is 0. The monoisotopic (exact) mass is 146 g/mol. The van der Waals surface area contributed by atoms with Crippen molar-refractivity contribution in [3.8, 4) is 0 Å². The maximum absolute atomic E-state index is 2.06. The molecule has 0 aliphatic heterocycles. The van der Waals surface area contributed by atoms with Gasteiger partial charge in [0.1, 0.15) is 0 Å². The summed E-state index contributed by atoms with van der Waals surface area (Å²) in [4.78, 5) is 0. The standard InChI is InChI=1S/C6H10S2/c1-3-5-7-8-6-4-2/h3-6H,1-2H3/b5-3-,6-4-. The van der Waals surface area contributed by atoms with Crippen LogP contribution in [0.15, 0.2) is 23.0 Å². The molecule has 0 amide bonds. The highest BCUT2D eigenvalue weighted by Crippen LogP contribution is 2.22. The van der Waals surface area contributed by atoms with E-state index in [4.69, 9.17) is 0 Å². The van der Waals surface area contributed by atoms with E-state index < -0.39 is 0 Å². The minimum Gasteiger partial charge on any atom is -0.0805 e. The fourth-order valence-electron chi connectivity index (χ4n) is 0.175. The molecule has 0 aromatic rings. The topological polar surface area (TPSA) is 0 Å². The summed E-state index contributed by atoms with van der Waals surface area (Å²) in [7, 11) is 3.45. The van der Waals surface area contributed by atoms with E-state index in [0.29, 0.717) is 0 Å². The molecule has 0 rings (SSSR count). The molecule has 0 aromatic heterocycles. The SMILES string of the molecule is C/C=C\SS/C=C\C. The zero-order valence-corrected chi connectivity index (χ0v) is 6.76. The van der Waals surface area contributed by atoms with Crippen molar-refractivity contribution in [2.24, 2.45) is 0 Å². The number of rotatable bonds is 3. The fraction of sp³-hybridized carbons (Fsp3) is 0.333. The van der Waals surface area contributed by atoms with E-state index in [1.807, 2.05) is 26.0 Å². The first-order valence-corrected chi connectivity index (χ1v) is 4.74. The third kappa shape index (κ3) is 6.18. The van der Waals surface area contributed by atoms with Crippen molar-refractivity contribution >= 4 is 21.6 Å². The zero-order chi connectivity index (χ0) is 6.24. The van der Waals surface area contributed by atoms with Crippen molar-refractivity contribution in [1.82, 2.24) is 0 Å². The first-order valence-electron chi connectivity index (χ1n) is 2.46. The highest BCUT2D eigenvalue weighted by atomic mass is 33.1. The van der Waals surface area contributed by atoms with E-state index in [0.717, 1.165) is 0 Å². The van der Waals surface area contributed by atoms with Gasteiger partial charge in [-0.3, -0.25) is 0 Å². The summed E-state index contributed by atoms with van der Waals surface area (Å²) in [6.45, 7) is 4.03. The first-order chi connectivity index (χ1) is 3.91. The summed E-state index contributed by atoms with van der Waals surface area (Å²) in [5, 5.41) is 4.12. The molecule has 0 atom stereocenters. The third-order valence-corrected chi connectivity index (χ3v) is 2.32. The lowest BCUT2D eigenvalue weighted by Gasteiger charge is -1.80. The quantitative estimate of drug-likeness (QED) is 0.442. The van der Waals surface area contributed by atoms with Gasteiger partial charge in [-0.1, -0.05) is 33.7 Å². The predicted octanol–water partition coefficient (Wildman–Crippen LogP) is 3.44. The summed E-state index contributed by atoms with van der Waals surface area (Å²) in [6.07, 6.45) is 4.06. The van der Waals surface area contributed by atoms with Crippen molar-refractivity contribution in [2.45, 2.75) is 13.8 Å². The molecule has 0 bridgehead atoms. The van der Waals surface area contributed by atoms with Crippen molar-refractivity contribution in [3.05, 3.63) is 23.0 Å². The van der Waals surface area contributed by atoms with Crippen LogP contribution >= 0.6 is 21.6 Å². The van der Waals surface area contributed by atoms with Gasteiger partial charge in [0.05, 0.1) is 0 Å². The maximum atomic E-state index is 2.06. The molecule has 0 aliphatic carbocycles. The van der Waals surface area contributed by atoms with E-state index in [1.165, 1.54) is 0 Å². The molecular weight excluding hydrogens is 136 g/mol. The van der Waals surface area contributed by atoms with Crippen molar-refractivity contribution in [1.29, 1.82) is 0 Å². The van der Waals surface area contributed by atoms with E-state index in [1.54, 1.807) is 21.6 Å². The minimum absolute atomic E-state index is 1.73. The molecule has 0 spiro atoms. The molecule has 0 radical (unpaired) electrons. The van der Waals surface area contributed by atoms with Crippen LogP contribution < -0.4 is 0 Å². The van der Waals surface area contributed by atoms with E-state index in [9.17, 15) is 0 Å². The number of hydrogen-bond donors (Lipinski definition) is 0. The second-order valence-electron chi connectivity index (χ2n) is 1.13. The molecule has 0 saturated heterocycles. The van der Waals surface area contributed by atoms with Gasteiger partial charge in [-0.2, -0.15) is 0 Å². The summed E-state index contributed by atoms with van der Waals surface area (Å²) in [6, 6.07) is 0. The van der Waals surface area contributed by atoms with Crippen LogP contribution in [0.2, 0.25) is 0 Å². The molecule has 0 saturated carbocycles. The van der Waals surface area contributed by atoms with Gasteiger partial charge in [-0.15, -0.1) is 0 Å². The third-order valence-electron chi connectivity index (χ3n) is 0.439. The van der Waals surface area contributed by atoms with Crippen molar-refractivity contribution in [2.75, 3.05) is 0 Å². The Morgan fingerprint density at radius 1 is 0.875 bits per heavy atom. The summed E-state index contributed by atoms with van der Waals surface area (Å²) >= 11 is 0. The number of allylic oxidation sites excluding steroid dienone is 2. The smallest absolute Gasteiger partial charge is 0.0221 e. The van der Waals surface area contributed by atoms with Crippen LogP contribution in [0.3, 0.4) is 0 Å². The van der Waals surface area contributed by atoms with Crippen LogP contribution in [0, 0.1) is 0 Å². The van der Waals surface area contributed by atoms with Gasteiger partial charge >= 0.3 is 0 Å². The summed E-state index contributed by atoms with van der Waals surface area (Å²) in [5.41, 5.74) is 0. The first kappa shape index (κ1) is 8.18. The van der Waals surface area contributed by atoms with Crippen molar-refractivity contribution < 1.29 is 0 Å². The Bertz CT molecular complexity index is 72.5. The molecule has 2 heteroatoms. The fourth-order valence-corrected chi connectivity index (χ4v) is 1.58. The van der Waals surface area contributed by atoms with Gasteiger partial charge in [0, 0.05) is 0 Å². The Hall–Kier alpha value is 0.180. The van der Waals surface area contributed by atoms with E-state index in [-0.39, 0.29) is 0 Å². The van der Waals surface area contributed by atoms with Crippen molar-refractivity contribution in [3.63, 3.8) is 0 Å². The molecule has 46 valence electrons. The Morgan fingerprint density at radius 3 is 1.50 bits per heavy atom. The molecule has 0 aliphatic rings. The second kappa shape index (κ2) is 7.18. The largest absolute Gasteiger partial charge is 0.0805 e. The van der Waals surface area contributed by atoms with Gasteiger partial charge in [0.15, 0.2) is 0 Å². The second-order valence-corrected chi connectivity index (χ2v) is 3.22. The molecular formula is C6H10S2. The Kier molecular flexibility index (Phi) is 7.34. The van der Waals surface area contributed by atoms with Crippen LogP contribution in [0.4, 0.5) is 0 Å². The highest BCUT2D eigenvalue weighted by molar-refractivity contribution is 8.78. The Morgan fingerprint density at radius 2 is 1.25 bits per heavy atom. The molecule has 8 heavy (non-hydrogen) atoms. The minimum atomic E-state index is 1.73. The summed E-state index contributed by atoms with van der Waals surface area (Å²) < 4.78 is 0. The van der Waals surface area contributed by atoms with Gasteiger partial charge in [-0.25, -0.2) is 0 Å². The van der Waals surface area contributed by atoms with E-state index >= 15 is 0 Å². The van der Waals surface area contributed by atoms with Crippen LogP contribution in [0.1, 0.15) is 13.8 Å². The van der Waals surface area contributed by atoms with E-state index in [2.05, 4.69) is 10.8 Å². The molecule has 0 fully saturated rings. The Labute approximate surface area is 58.8 Å². The van der Waals surface area contributed by atoms with Gasteiger partial charge in [-0.05, 0) is 24.7 Å². The zero-order valence-electron chi connectivity index (χ0n) is 5.13. The number of hydrogen-bond acceptors (Lipinski definition) is 2. The average Bonchev–Trinajstić information content (AvgIpc) is 1.81. The van der Waals surface area contributed by atoms with Crippen LogP contribution in [-0.2, 0) is 0 Å². The lowest BCUT2D eigenvalue weighted by molar-refractivity contribution is 1.79. The maximum Gasteiger partial charge on any atom is -0.0221 e. The Balaban J connectivity index is 2.93. The molecule has 0 unspecified atom stereocenters. The molecule has 0 N–H and O–H groups in total.